The molecule has 4 heteroatoms. The minimum absolute atomic E-state index is 0.376. The Morgan fingerprint density at radius 1 is 0.594 bits per heavy atom. The standard InChI is InChI=1S/C28H30O4/c1-17-7-11-23(12-8-17)27(31-21(5)29)25-15-19(3)20(4)16-26(25)28(32-22(6)30)24-13-9-18(2)10-14-24/h7-16,27-28H,1-6H3. The highest BCUT2D eigenvalue weighted by Crippen LogP contribution is 2.38. The maximum atomic E-state index is 12.1. The summed E-state index contributed by atoms with van der Waals surface area (Å²) in [6.45, 7) is 10.9. The lowest BCUT2D eigenvalue weighted by molar-refractivity contribution is -0.146. The van der Waals surface area contributed by atoms with Crippen LogP contribution in [0.1, 0.15) is 70.6 Å². The van der Waals surface area contributed by atoms with Crippen molar-refractivity contribution in [1.82, 2.24) is 0 Å². The van der Waals surface area contributed by atoms with E-state index in [-0.39, 0.29) is 11.9 Å². The summed E-state index contributed by atoms with van der Waals surface area (Å²) in [4.78, 5) is 24.2. The summed E-state index contributed by atoms with van der Waals surface area (Å²) in [5.41, 5.74) is 7.71. The molecule has 3 aromatic rings. The molecule has 0 aromatic heterocycles. The number of hydrogen-bond acceptors (Lipinski definition) is 4. The summed E-state index contributed by atoms with van der Waals surface area (Å²) >= 11 is 0. The summed E-state index contributed by atoms with van der Waals surface area (Å²) in [5, 5.41) is 0. The van der Waals surface area contributed by atoms with Crippen LogP contribution in [0.3, 0.4) is 0 Å². The van der Waals surface area contributed by atoms with E-state index in [4.69, 9.17) is 9.47 Å². The number of aryl methyl sites for hydroxylation is 4. The number of carbonyl (C=O) groups excluding carboxylic acids is 2. The molecule has 0 bridgehead atoms. The molecule has 0 amide bonds. The number of rotatable bonds is 6. The van der Waals surface area contributed by atoms with Crippen molar-refractivity contribution in [2.45, 2.75) is 53.8 Å². The average molecular weight is 431 g/mol. The lowest BCUT2D eigenvalue weighted by Crippen LogP contribution is -2.18. The summed E-state index contributed by atoms with van der Waals surface area (Å²) in [6.07, 6.45) is -1.24. The molecule has 166 valence electrons. The zero-order valence-electron chi connectivity index (χ0n) is 19.6. The van der Waals surface area contributed by atoms with E-state index in [1.165, 1.54) is 13.8 Å². The molecule has 0 fully saturated rings. The Bertz CT molecular complexity index is 1020. The molecule has 0 spiro atoms. The first-order valence-electron chi connectivity index (χ1n) is 10.7. The molecule has 0 aliphatic heterocycles. The van der Waals surface area contributed by atoms with Crippen LogP contribution in [0.15, 0.2) is 60.7 Å². The van der Waals surface area contributed by atoms with E-state index in [0.717, 1.165) is 44.5 Å². The summed E-state index contributed by atoms with van der Waals surface area (Å²) in [6, 6.07) is 19.9. The maximum Gasteiger partial charge on any atom is 0.303 e. The lowest BCUT2D eigenvalue weighted by Gasteiger charge is -2.27. The fraction of sp³-hybridized carbons (Fsp3) is 0.286. The largest absolute Gasteiger partial charge is 0.453 e. The molecule has 4 nitrogen and oxygen atoms in total. The zero-order valence-corrected chi connectivity index (χ0v) is 19.6. The van der Waals surface area contributed by atoms with E-state index >= 15 is 0 Å². The predicted octanol–water partition coefficient (Wildman–Crippen LogP) is 6.23. The van der Waals surface area contributed by atoms with Crippen molar-refractivity contribution in [2.75, 3.05) is 0 Å². The van der Waals surface area contributed by atoms with Gasteiger partial charge >= 0.3 is 11.9 Å². The molecule has 0 saturated heterocycles. The zero-order chi connectivity index (χ0) is 23.4. The second kappa shape index (κ2) is 9.82. The van der Waals surface area contributed by atoms with Gasteiger partial charge in [0.05, 0.1) is 0 Å². The quantitative estimate of drug-likeness (QED) is 0.435. The summed E-state index contributed by atoms with van der Waals surface area (Å²) in [5.74, 6) is -0.752. The van der Waals surface area contributed by atoms with Gasteiger partial charge < -0.3 is 9.47 Å². The molecular formula is C28H30O4. The Kier molecular flexibility index (Phi) is 7.14. The van der Waals surface area contributed by atoms with E-state index < -0.39 is 12.2 Å². The summed E-state index contributed by atoms with van der Waals surface area (Å²) in [7, 11) is 0. The third kappa shape index (κ3) is 5.44. The Labute approximate surface area is 190 Å². The average Bonchev–Trinajstić information content (AvgIpc) is 2.73. The van der Waals surface area contributed by atoms with Crippen LogP contribution in [-0.2, 0) is 19.1 Å². The molecular weight excluding hydrogens is 400 g/mol. The summed E-state index contributed by atoms with van der Waals surface area (Å²) < 4.78 is 11.7. The van der Waals surface area contributed by atoms with Crippen LogP contribution in [0.4, 0.5) is 0 Å². The minimum Gasteiger partial charge on any atom is -0.453 e. The van der Waals surface area contributed by atoms with Gasteiger partial charge in [-0.25, -0.2) is 0 Å². The number of hydrogen-bond donors (Lipinski definition) is 0. The van der Waals surface area contributed by atoms with Crippen LogP contribution >= 0.6 is 0 Å². The van der Waals surface area contributed by atoms with Crippen molar-refractivity contribution < 1.29 is 19.1 Å². The van der Waals surface area contributed by atoms with Crippen molar-refractivity contribution in [1.29, 1.82) is 0 Å². The number of esters is 2. The molecule has 2 atom stereocenters. The van der Waals surface area contributed by atoms with Gasteiger partial charge in [0.15, 0.2) is 12.2 Å². The topological polar surface area (TPSA) is 52.6 Å². The monoisotopic (exact) mass is 430 g/mol. The molecule has 3 rings (SSSR count). The smallest absolute Gasteiger partial charge is 0.303 e. The van der Waals surface area contributed by atoms with E-state index in [9.17, 15) is 9.59 Å². The van der Waals surface area contributed by atoms with Crippen molar-refractivity contribution in [3.8, 4) is 0 Å². The fourth-order valence-corrected chi connectivity index (χ4v) is 3.75. The normalized spacial score (nSPS) is 12.7. The molecule has 0 radical (unpaired) electrons. The van der Waals surface area contributed by atoms with E-state index in [0.29, 0.717) is 0 Å². The molecule has 0 N–H and O–H groups in total. The van der Waals surface area contributed by atoms with Crippen LogP contribution in [0, 0.1) is 27.7 Å². The fourth-order valence-electron chi connectivity index (χ4n) is 3.75. The highest BCUT2D eigenvalue weighted by Gasteiger charge is 2.28. The van der Waals surface area contributed by atoms with Crippen molar-refractivity contribution >= 4 is 11.9 Å². The molecule has 32 heavy (non-hydrogen) atoms. The van der Waals surface area contributed by atoms with Crippen LogP contribution in [0.2, 0.25) is 0 Å². The van der Waals surface area contributed by atoms with Gasteiger partial charge in [0.1, 0.15) is 0 Å². The first kappa shape index (κ1) is 23.3. The van der Waals surface area contributed by atoms with Crippen LogP contribution in [0.5, 0.6) is 0 Å². The van der Waals surface area contributed by atoms with Crippen LogP contribution < -0.4 is 0 Å². The Hall–Kier alpha value is -3.40. The van der Waals surface area contributed by atoms with Gasteiger partial charge in [0, 0.05) is 25.0 Å². The van der Waals surface area contributed by atoms with Gasteiger partial charge in [0.25, 0.3) is 0 Å². The van der Waals surface area contributed by atoms with Gasteiger partial charge in [-0.05, 0) is 49.9 Å². The molecule has 0 aliphatic carbocycles. The van der Waals surface area contributed by atoms with Crippen molar-refractivity contribution in [2.24, 2.45) is 0 Å². The third-order valence-electron chi connectivity index (χ3n) is 5.59. The third-order valence-corrected chi connectivity index (χ3v) is 5.59. The molecule has 3 aromatic carbocycles. The molecule has 0 heterocycles. The maximum absolute atomic E-state index is 12.1. The van der Waals surface area contributed by atoms with Crippen molar-refractivity contribution in [3.63, 3.8) is 0 Å². The van der Waals surface area contributed by atoms with Crippen LogP contribution in [-0.4, -0.2) is 11.9 Å². The first-order chi connectivity index (χ1) is 15.2. The van der Waals surface area contributed by atoms with Gasteiger partial charge in [0.2, 0.25) is 0 Å². The molecule has 0 saturated carbocycles. The Balaban J connectivity index is 2.25. The number of carbonyl (C=O) groups is 2. The Morgan fingerprint density at radius 3 is 1.19 bits per heavy atom. The van der Waals surface area contributed by atoms with Crippen molar-refractivity contribution in [3.05, 3.63) is 105 Å². The van der Waals surface area contributed by atoms with E-state index in [2.05, 4.69) is 0 Å². The Morgan fingerprint density at radius 2 is 0.906 bits per heavy atom. The number of benzene rings is 3. The first-order valence-corrected chi connectivity index (χ1v) is 10.7. The number of ether oxygens (including phenoxy) is 2. The highest BCUT2D eigenvalue weighted by molar-refractivity contribution is 5.68. The van der Waals surface area contributed by atoms with E-state index in [1.54, 1.807) is 0 Å². The SMILES string of the molecule is CC(=O)OC(c1ccc(C)cc1)c1cc(C)c(C)cc1C(OC(C)=O)c1ccc(C)cc1. The second-order valence-electron chi connectivity index (χ2n) is 8.37. The second-order valence-corrected chi connectivity index (χ2v) is 8.37. The van der Waals surface area contributed by atoms with Gasteiger partial charge in [-0.15, -0.1) is 0 Å². The van der Waals surface area contributed by atoms with E-state index in [1.807, 2.05) is 88.4 Å². The highest BCUT2D eigenvalue weighted by atomic mass is 16.5. The van der Waals surface area contributed by atoms with Gasteiger partial charge in [-0.2, -0.15) is 0 Å². The predicted molar refractivity (Wildman–Crippen MR) is 125 cm³/mol. The lowest BCUT2D eigenvalue weighted by atomic mass is 9.87. The van der Waals surface area contributed by atoms with Gasteiger partial charge in [-0.1, -0.05) is 71.8 Å². The molecule has 0 aliphatic rings. The minimum atomic E-state index is -0.620. The van der Waals surface area contributed by atoms with Crippen LogP contribution in [0.25, 0.3) is 0 Å². The molecule has 2 unspecified atom stereocenters. The van der Waals surface area contributed by atoms with Gasteiger partial charge in [-0.3, -0.25) is 9.59 Å².